The Hall–Kier alpha value is -1.04. The maximum atomic E-state index is 12.3. The smallest absolute Gasteiger partial charge is 0.240 e. The molecule has 92 valence electrons. The summed E-state index contributed by atoms with van der Waals surface area (Å²) in [7, 11) is 0. The normalized spacial score (nSPS) is 26.8. The molecule has 0 bridgehead atoms. The molecule has 3 rings (SSSR count). The van der Waals surface area contributed by atoms with Crippen molar-refractivity contribution in [3.05, 3.63) is 0 Å². The number of hydrogen-bond acceptors (Lipinski definition) is 2. The zero-order valence-electron chi connectivity index (χ0n) is 10.2. The molecule has 3 aliphatic rings. The predicted octanol–water partition coefficient (Wildman–Crippen LogP) is 2.38. The van der Waals surface area contributed by atoms with Crippen molar-refractivity contribution in [2.75, 3.05) is 0 Å². The standard InChI is InChI=1S/C14H20N2O/c15-9-14(7-1-2-8-14)13(17)16-12(10-3-4-10)11-5-6-11/h10-12H,1-8H2,(H,16,17). The Kier molecular flexibility index (Phi) is 2.61. The van der Waals surface area contributed by atoms with E-state index in [2.05, 4.69) is 11.4 Å². The lowest BCUT2D eigenvalue weighted by Gasteiger charge is -2.24. The Balaban J connectivity index is 1.67. The number of carbonyl (C=O) groups excluding carboxylic acids is 1. The van der Waals surface area contributed by atoms with Crippen LogP contribution >= 0.6 is 0 Å². The van der Waals surface area contributed by atoms with E-state index >= 15 is 0 Å². The van der Waals surface area contributed by atoms with E-state index in [1.807, 2.05) is 0 Å². The summed E-state index contributed by atoms with van der Waals surface area (Å²) in [6, 6.07) is 2.67. The van der Waals surface area contributed by atoms with Gasteiger partial charge in [0.05, 0.1) is 6.07 Å². The first-order chi connectivity index (χ1) is 8.25. The molecule has 3 nitrogen and oxygen atoms in total. The van der Waals surface area contributed by atoms with Gasteiger partial charge in [0.1, 0.15) is 5.41 Å². The third-order valence-electron chi connectivity index (χ3n) is 4.66. The van der Waals surface area contributed by atoms with Crippen molar-refractivity contribution in [3.8, 4) is 6.07 Å². The van der Waals surface area contributed by atoms with Gasteiger partial charge in [-0.1, -0.05) is 12.8 Å². The highest BCUT2D eigenvalue weighted by atomic mass is 16.2. The molecule has 0 aliphatic heterocycles. The number of nitrogens with zero attached hydrogens (tertiary/aromatic N) is 1. The van der Waals surface area contributed by atoms with Crippen molar-refractivity contribution in [1.82, 2.24) is 5.32 Å². The molecule has 3 aliphatic carbocycles. The molecule has 0 aromatic rings. The van der Waals surface area contributed by atoms with Crippen LogP contribution in [0, 0.1) is 28.6 Å². The van der Waals surface area contributed by atoms with E-state index in [9.17, 15) is 10.1 Å². The van der Waals surface area contributed by atoms with E-state index in [0.717, 1.165) is 25.7 Å². The van der Waals surface area contributed by atoms with Crippen molar-refractivity contribution in [3.63, 3.8) is 0 Å². The molecule has 0 atom stereocenters. The van der Waals surface area contributed by atoms with Gasteiger partial charge in [0.25, 0.3) is 0 Å². The summed E-state index contributed by atoms with van der Waals surface area (Å²) in [5.41, 5.74) is -0.692. The van der Waals surface area contributed by atoms with Crippen LogP contribution in [0.3, 0.4) is 0 Å². The van der Waals surface area contributed by atoms with Gasteiger partial charge in [-0.15, -0.1) is 0 Å². The van der Waals surface area contributed by atoms with Gasteiger partial charge in [0.2, 0.25) is 5.91 Å². The molecule has 3 saturated carbocycles. The maximum absolute atomic E-state index is 12.3. The Morgan fingerprint density at radius 1 is 1.18 bits per heavy atom. The van der Waals surface area contributed by atoms with E-state index < -0.39 is 5.41 Å². The molecule has 0 spiro atoms. The van der Waals surface area contributed by atoms with Crippen LogP contribution in [0.5, 0.6) is 0 Å². The average Bonchev–Trinajstić information content (AvgIpc) is 3.25. The van der Waals surface area contributed by atoms with Gasteiger partial charge in [0, 0.05) is 6.04 Å². The summed E-state index contributed by atoms with van der Waals surface area (Å²) in [6.45, 7) is 0. The lowest BCUT2D eigenvalue weighted by molar-refractivity contribution is -0.129. The second kappa shape index (κ2) is 4.01. The maximum Gasteiger partial charge on any atom is 0.240 e. The fourth-order valence-corrected chi connectivity index (χ4v) is 3.19. The second-order valence-corrected chi connectivity index (χ2v) is 6.08. The van der Waals surface area contributed by atoms with Crippen molar-refractivity contribution in [1.29, 1.82) is 5.26 Å². The molecule has 17 heavy (non-hydrogen) atoms. The van der Waals surface area contributed by atoms with Gasteiger partial charge in [0.15, 0.2) is 0 Å². The van der Waals surface area contributed by atoms with Gasteiger partial charge >= 0.3 is 0 Å². The average molecular weight is 232 g/mol. The van der Waals surface area contributed by atoms with E-state index in [1.165, 1.54) is 25.7 Å². The Bertz CT molecular complexity index is 345. The van der Waals surface area contributed by atoms with Crippen LogP contribution in [-0.2, 0) is 4.79 Å². The summed E-state index contributed by atoms with van der Waals surface area (Å²) in [4.78, 5) is 12.3. The topological polar surface area (TPSA) is 52.9 Å². The third-order valence-corrected chi connectivity index (χ3v) is 4.66. The highest BCUT2D eigenvalue weighted by Gasteiger charge is 2.47. The molecule has 1 amide bonds. The Morgan fingerprint density at radius 3 is 2.12 bits per heavy atom. The van der Waals surface area contributed by atoms with Crippen molar-refractivity contribution < 1.29 is 4.79 Å². The monoisotopic (exact) mass is 232 g/mol. The molecule has 0 radical (unpaired) electrons. The Morgan fingerprint density at radius 2 is 1.71 bits per heavy atom. The highest BCUT2D eigenvalue weighted by Crippen LogP contribution is 2.45. The molecule has 0 aromatic heterocycles. The number of hydrogen-bond donors (Lipinski definition) is 1. The number of rotatable bonds is 4. The van der Waals surface area contributed by atoms with E-state index in [-0.39, 0.29) is 5.91 Å². The van der Waals surface area contributed by atoms with Crippen LogP contribution in [0.4, 0.5) is 0 Å². The van der Waals surface area contributed by atoms with Gasteiger partial charge in [-0.3, -0.25) is 4.79 Å². The molecule has 0 unspecified atom stereocenters. The van der Waals surface area contributed by atoms with Crippen LogP contribution in [0.1, 0.15) is 51.4 Å². The highest BCUT2D eigenvalue weighted by molar-refractivity contribution is 5.86. The summed E-state index contributed by atoms with van der Waals surface area (Å²) in [5.74, 6) is 1.45. The molecular formula is C14H20N2O. The first-order valence-corrected chi connectivity index (χ1v) is 6.97. The summed E-state index contributed by atoms with van der Waals surface area (Å²) < 4.78 is 0. The minimum Gasteiger partial charge on any atom is -0.351 e. The third kappa shape index (κ3) is 2.06. The molecule has 3 fully saturated rings. The fourth-order valence-electron chi connectivity index (χ4n) is 3.19. The van der Waals surface area contributed by atoms with E-state index in [0.29, 0.717) is 17.9 Å². The lowest BCUT2D eigenvalue weighted by atomic mass is 9.86. The SMILES string of the molecule is N#CC1(C(=O)NC(C2CC2)C2CC2)CCCC1. The molecular weight excluding hydrogens is 212 g/mol. The van der Waals surface area contributed by atoms with Crippen LogP contribution in [0.2, 0.25) is 0 Å². The van der Waals surface area contributed by atoms with Gasteiger partial charge in [-0.25, -0.2) is 0 Å². The first kappa shape index (κ1) is 11.1. The predicted molar refractivity (Wildman–Crippen MR) is 63.9 cm³/mol. The van der Waals surface area contributed by atoms with Crippen molar-refractivity contribution >= 4 is 5.91 Å². The van der Waals surface area contributed by atoms with Gasteiger partial charge in [-0.05, 0) is 50.4 Å². The summed E-state index contributed by atoms with van der Waals surface area (Å²) in [6.07, 6.45) is 8.63. The number of nitriles is 1. The van der Waals surface area contributed by atoms with E-state index in [4.69, 9.17) is 0 Å². The van der Waals surface area contributed by atoms with Gasteiger partial charge in [-0.2, -0.15) is 5.26 Å². The zero-order chi connectivity index (χ0) is 11.9. The molecule has 3 heteroatoms. The minimum atomic E-state index is -0.692. The van der Waals surface area contributed by atoms with E-state index in [1.54, 1.807) is 0 Å². The lowest BCUT2D eigenvalue weighted by Crippen LogP contribution is -2.45. The minimum absolute atomic E-state index is 0.0290. The van der Waals surface area contributed by atoms with Crippen LogP contribution in [0.15, 0.2) is 0 Å². The molecule has 0 heterocycles. The van der Waals surface area contributed by atoms with Crippen molar-refractivity contribution in [2.45, 2.75) is 57.4 Å². The molecule has 0 aromatic carbocycles. The molecule has 1 N–H and O–H groups in total. The van der Waals surface area contributed by atoms with Crippen LogP contribution in [0.25, 0.3) is 0 Å². The summed E-state index contributed by atoms with van der Waals surface area (Å²) >= 11 is 0. The number of nitrogens with one attached hydrogen (secondary N) is 1. The number of amides is 1. The zero-order valence-corrected chi connectivity index (χ0v) is 10.2. The van der Waals surface area contributed by atoms with Crippen LogP contribution in [-0.4, -0.2) is 11.9 Å². The summed E-state index contributed by atoms with van der Waals surface area (Å²) in [5, 5.41) is 12.5. The Labute approximate surface area is 103 Å². The molecule has 0 saturated heterocycles. The number of carbonyl (C=O) groups is 1. The van der Waals surface area contributed by atoms with Crippen molar-refractivity contribution in [2.24, 2.45) is 17.3 Å². The largest absolute Gasteiger partial charge is 0.351 e. The fraction of sp³-hybridized carbons (Fsp3) is 0.857. The van der Waals surface area contributed by atoms with Crippen LogP contribution < -0.4 is 5.32 Å². The second-order valence-electron chi connectivity index (χ2n) is 6.08. The first-order valence-electron chi connectivity index (χ1n) is 6.97. The van der Waals surface area contributed by atoms with Gasteiger partial charge < -0.3 is 5.32 Å². The quantitative estimate of drug-likeness (QED) is 0.809.